The van der Waals surface area contributed by atoms with Crippen LogP contribution in [0.4, 0.5) is 32.0 Å². The van der Waals surface area contributed by atoms with Gasteiger partial charge in [0.05, 0.1) is 44.9 Å². The molecule has 0 aliphatic rings. The van der Waals surface area contributed by atoms with E-state index in [1.807, 2.05) is 37.3 Å². The molecule has 0 unspecified atom stereocenters. The first-order valence-electron chi connectivity index (χ1n) is 16.9. The molecule has 19 nitrogen and oxygen atoms in total. The second-order valence-corrected chi connectivity index (χ2v) is 16.7. The van der Waals surface area contributed by atoms with Crippen molar-refractivity contribution in [2.24, 2.45) is 0 Å². The molecule has 0 radical (unpaired) electrons. The van der Waals surface area contributed by atoms with Crippen molar-refractivity contribution in [3.63, 3.8) is 0 Å². The zero-order valence-corrected chi connectivity index (χ0v) is 38.4. The van der Waals surface area contributed by atoms with Crippen molar-refractivity contribution >= 4 is 101 Å². The van der Waals surface area contributed by atoms with Gasteiger partial charge in [-0.15, -0.1) is 17.5 Å². The number of pyridine rings is 2. The Morgan fingerprint density at radius 1 is 0.667 bits per heavy atom. The van der Waals surface area contributed by atoms with Gasteiger partial charge in [-0.1, -0.05) is 70.7 Å². The van der Waals surface area contributed by atoms with Gasteiger partial charge in [-0.25, -0.2) is 37.2 Å². The van der Waals surface area contributed by atoms with E-state index >= 15 is 0 Å². The van der Waals surface area contributed by atoms with Crippen molar-refractivity contribution in [2.75, 3.05) is 0 Å². The molecule has 0 aliphatic carbocycles. The number of fused-ring (bicyclic) bond motifs is 3. The van der Waals surface area contributed by atoms with Crippen LogP contribution in [0.25, 0.3) is 21.7 Å². The maximum absolute atomic E-state index is 10.9. The van der Waals surface area contributed by atoms with E-state index in [0.717, 1.165) is 10.9 Å². The Hall–Kier alpha value is -5.21. The first-order chi connectivity index (χ1) is 30.2. The zero-order valence-electron chi connectivity index (χ0n) is 32.1. The van der Waals surface area contributed by atoms with Crippen LogP contribution in [0, 0.1) is 23.1 Å². The van der Waals surface area contributed by atoms with E-state index in [1.54, 1.807) is 73.9 Å². The van der Waals surface area contributed by atoms with Crippen LogP contribution in [0.15, 0.2) is 117 Å². The van der Waals surface area contributed by atoms with Crippen LogP contribution in [0.2, 0.25) is 20.1 Å². The summed E-state index contributed by atoms with van der Waals surface area (Å²) in [6, 6.07) is 17.3. The summed E-state index contributed by atoms with van der Waals surface area (Å²) in [5.41, 5.74) is -9.20. The standard InChI is InChI=1S/C13H7N2O2.C12H8BCl4N8.C6H7N.2CHF3O3S.Pd/c16-15(17)12-5-1-4-11-10(12)7-6-9-3-2-8-14-13(9)11;14-9-1-18-22(5-9)13(23-6-10(15)2-19-23,24-7-11(16)3-20-24)25-8-12(17)4-21-25;1-6-2-4-7-5-3-6;2*2-1(3,4)8(5,6)7;/h1-3,5-8H;1-8H;2-5H,1H3;2*(H,5,6,7);/q2*-1;;;;/p-2. The van der Waals surface area contributed by atoms with Gasteiger partial charge < -0.3 is 32.5 Å². The number of rotatable bonds is 5. The number of nitro benzene ring substituents is 1. The van der Waals surface area contributed by atoms with Crippen molar-refractivity contribution in [3.05, 3.63) is 159 Å². The average molecular weight is 1140 g/mol. The number of hydrogen-bond acceptors (Lipinski definition) is 14. The van der Waals surface area contributed by atoms with E-state index in [4.69, 9.17) is 72.3 Å². The molecule has 0 spiro atoms. The van der Waals surface area contributed by atoms with Gasteiger partial charge in [0.15, 0.2) is 25.9 Å². The molecule has 0 atom stereocenters. The number of alkyl halides is 6. The molecular formula is C33H22BCl4F6N11O8PdS2-4. The van der Waals surface area contributed by atoms with Gasteiger partial charge in [-0.3, -0.25) is 15.1 Å². The monoisotopic (exact) mass is 1130 g/mol. The Morgan fingerprint density at radius 2 is 1.06 bits per heavy atom. The smallest absolute Gasteiger partial charge is 0.485 e. The molecule has 66 heavy (non-hydrogen) atoms. The van der Waals surface area contributed by atoms with E-state index in [1.165, 1.54) is 36.4 Å². The summed E-state index contributed by atoms with van der Waals surface area (Å²) in [5.74, 6) is 0. The van der Waals surface area contributed by atoms with E-state index < -0.39 is 37.9 Å². The fourth-order valence-corrected chi connectivity index (χ4v) is 5.70. The third-order valence-corrected chi connectivity index (χ3v) is 9.74. The van der Waals surface area contributed by atoms with Crippen LogP contribution in [-0.2, 0) is 40.7 Å². The predicted molar refractivity (Wildman–Crippen MR) is 222 cm³/mol. The Balaban J connectivity index is 0.000000243. The molecule has 0 aliphatic heterocycles. The van der Waals surface area contributed by atoms with Gasteiger partial charge >= 0.3 is 17.7 Å². The van der Waals surface area contributed by atoms with Crippen molar-refractivity contribution in [1.82, 2.24) is 48.7 Å². The van der Waals surface area contributed by atoms with Crippen LogP contribution in [-0.4, -0.2) is 97.3 Å². The first kappa shape index (κ1) is 55.1. The first-order valence-corrected chi connectivity index (χ1v) is 21.2. The van der Waals surface area contributed by atoms with Gasteiger partial charge in [0.2, 0.25) is 0 Å². The van der Waals surface area contributed by atoms with Crippen LogP contribution in [0.5, 0.6) is 0 Å². The van der Waals surface area contributed by atoms with Crippen LogP contribution in [0.1, 0.15) is 5.56 Å². The molecule has 0 fully saturated rings. The zero-order chi connectivity index (χ0) is 48.5. The SMILES string of the molecule is Cc1ccncc1.Clc1cnn([B-](n2cc(Cl)cn2)(n2cc(Cl)cn2)n2cc(Cl)cn2)c1.O=S(=O)([O-])C(F)(F)F.O=S(=O)([O-])C(F)(F)F.O=[N+]([O-])c1cc[c-]c2c1ccc1cccnc12.[Pd]. The van der Waals surface area contributed by atoms with Gasteiger partial charge in [0.1, 0.15) is 0 Å². The fraction of sp³-hybridized carbons (Fsp3) is 0.0909. The molecule has 33 heteroatoms. The van der Waals surface area contributed by atoms with Crippen molar-refractivity contribution in [2.45, 2.75) is 17.9 Å². The molecule has 8 rings (SSSR count). The quantitative estimate of drug-likeness (QED) is 0.0235. The molecule has 8 aromatic rings. The number of benzene rings is 2. The maximum Gasteiger partial charge on any atom is 0.485 e. The largest absolute Gasteiger partial charge is 0.741 e. The normalized spacial score (nSPS) is 11.7. The third-order valence-electron chi connectivity index (χ3n) is 7.83. The van der Waals surface area contributed by atoms with E-state index in [-0.39, 0.29) is 31.0 Å². The van der Waals surface area contributed by atoms with E-state index in [0.29, 0.717) is 30.9 Å². The average Bonchev–Trinajstić information content (AvgIpc) is 4.05. The van der Waals surface area contributed by atoms with E-state index in [9.17, 15) is 36.5 Å². The van der Waals surface area contributed by atoms with Crippen LogP contribution in [0.3, 0.4) is 0 Å². The van der Waals surface area contributed by atoms with E-state index in [2.05, 4.69) is 36.4 Å². The van der Waals surface area contributed by atoms with Gasteiger partial charge in [-0.05, 0) is 47.0 Å². The minimum Gasteiger partial charge on any atom is -0.741 e. The molecule has 0 saturated heterocycles. The van der Waals surface area contributed by atoms with Gasteiger partial charge in [0.25, 0.3) is 0 Å². The number of nitro groups is 1. The second kappa shape index (κ2) is 22.5. The summed E-state index contributed by atoms with van der Waals surface area (Å²) >= 11 is 24.4. The maximum atomic E-state index is 10.9. The summed E-state index contributed by atoms with van der Waals surface area (Å²) in [4.78, 5) is 18.6. The Morgan fingerprint density at radius 3 is 1.36 bits per heavy atom. The summed E-state index contributed by atoms with van der Waals surface area (Å²) in [7, 11) is -12.2. The summed E-state index contributed by atoms with van der Waals surface area (Å²) in [6.45, 7) is -0.204. The minimum absolute atomic E-state index is 0. The van der Waals surface area contributed by atoms with Gasteiger partial charge in [-0.2, -0.15) is 26.3 Å². The molecule has 2 aromatic carbocycles. The summed E-state index contributed by atoms with van der Waals surface area (Å²) in [5, 5.41) is 32.3. The van der Waals surface area contributed by atoms with Crippen LogP contribution >= 0.6 is 46.4 Å². The molecular weight excluding hydrogens is 1120 g/mol. The third kappa shape index (κ3) is 13.9. The minimum atomic E-state index is -6.09. The molecule has 6 heterocycles. The molecule has 6 aromatic heterocycles. The summed E-state index contributed by atoms with van der Waals surface area (Å²) < 4.78 is 124. The number of nitrogens with zero attached hydrogens (tertiary/aromatic N) is 11. The Bertz CT molecular complexity index is 2920. The van der Waals surface area contributed by atoms with Crippen LogP contribution < -0.4 is 0 Å². The Labute approximate surface area is 401 Å². The number of hydrogen-bond donors (Lipinski definition) is 0. The number of non-ortho nitro benzene ring substituents is 1. The molecule has 0 bridgehead atoms. The predicted octanol–water partition coefficient (Wildman–Crippen LogP) is 7.60. The van der Waals surface area contributed by atoms with Crippen molar-refractivity contribution in [3.8, 4) is 0 Å². The molecule has 0 saturated carbocycles. The molecule has 0 N–H and O–H groups in total. The Kier molecular flexibility index (Phi) is 18.8. The molecule has 356 valence electrons. The number of aromatic nitrogens is 10. The van der Waals surface area contributed by atoms with Crippen molar-refractivity contribution in [1.29, 1.82) is 0 Å². The second-order valence-electron chi connectivity index (χ2n) is 12.3. The molecule has 0 amide bonds. The number of halogens is 10. The fourth-order valence-electron chi connectivity index (χ4n) is 5.13. The number of aryl methyl sites for hydroxylation is 1. The topological polar surface area (TPSA) is 255 Å². The summed E-state index contributed by atoms with van der Waals surface area (Å²) in [6.07, 6.45) is 17.8. The van der Waals surface area contributed by atoms with Gasteiger partial charge in [0, 0.05) is 68.7 Å². The van der Waals surface area contributed by atoms with Crippen molar-refractivity contribution < 1.29 is 77.6 Å².